The van der Waals surface area contributed by atoms with E-state index in [1.807, 2.05) is 13.8 Å². The van der Waals surface area contributed by atoms with Crippen molar-refractivity contribution < 1.29 is 32.1 Å². The zero-order valence-electron chi connectivity index (χ0n) is 14.2. The molecule has 0 aliphatic carbocycles. The predicted octanol–water partition coefficient (Wildman–Crippen LogP) is 2.20. The van der Waals surface area contributed by atoms with Crippen LogP contribution in [0.3, 0.4) is 0 Å². The predicted molar refractivity (Wildman–Crippen MR) is 89.2 cm³/mol. The molecule has 138 valence electrons. The van der Waals surface area contributed by atoms with Crippen molar-refractivity contribution in [3.63, 3.8) is 0 Å². The van der Waals surface area contributed by atoms with Gasteiger partial charge in [-0.3, -0.25) is 4.55 Å². The molecule has 0 saturated heterocycles. The Morgan fingerprint density at radius 3 is 1.59 bits per heavy atom. The van der Waals surface area contributed by atoms with Crippen LogP contribution < -0.4 is 0 Å². The van der Waals surface area contributed by atoms with Crippen LogP contribution in [-0.4, -0.2) is 56.2 Å². The average molecular weight is 346 g/mol. The summed E-state index contributed by atoms with van der Waals surface area (Å²) in [4.78, 5) is 0. The smallest absolute Gasteiger partial charge is 0.394 e. The van der Waals surface area contributed by atoms with Crippen LogP contribution in [0.5, 0.6) is 0 Å². The Labute approximate surface area is 135 Å². The van der Waals surface area contributed by atoms with Gasteiger partial charge in [-0.2, -0.15) is 8.42 Å². The fourth-order valence-electron chi connectivity index (χ4n) is 0.897. The van der Waals surface area contributed by atoms with Crippen molar-refractivity contribution in [2.75, 3.05) is 33.0 Å². The van der Waals surface area contributed by atoms with Gasteiger partial charge in [0.25, 0.3) is 0 Å². The Morgan fingerprint density at radius 2 is 1.36 bits per heavy atom. The van der Waals surface area contributed by atoms with E-state index in [4.69, 9.17) is 19.5 Å². The van der Waals surface area contributed by atoms with Crippen molar-refractivity contribution in [2.45, 2.75) is 46.5 Å². The van der Waals surface area contributed by atoms with Crippen LogP contribution in [0.1, 0.15) is 46.5 Å². The lowest BCUT2D eigenvalue weighted by Gasteiger charge is -1.98. The summed E-state index contributed by atoms with van der Waals surface area (Å²) in [7, 11) is -4.21. The van der Waals surface area contributed by atoms with Gasteiger partial charge in [-0.05, 0) is 20.3 Å². The van der Waals surface area contributed by atoms with Crippen LogP contribution in [-0.2, 0) is 19.3 Å². The Bertz CT molecular complexity index is 252. The first-order chi connectivity index (χ1) is 10.4. The molecule has 3 N–H and O–H groups in total. The highest BCUT2D eigenvalue weighted by atomic mass is 32.3. The van der Waals surface area contributed by atoms with Gasteiger partial charge in [0.15, 0.2) is 0 Å². The third-order valence-electron chi connectivity index (χ3n) is 1.74. The molecular formula is C14H34O7S. The van der Waals surface area contributed by atoms with E-state index in [1.54, 1.807) is 0 Å². The minimum absolute atomic E-state index is 0.0822. The normalized spacial score (nSPS) is 9.36. The number of aliphatic hydroxyl groups excluding tert-OH is 2. The minimum atomic E-state index is -4.21. The summed E-state index contributed by atoms with van der Waals surface area (Å²) in [6.07, 6.45) is 3.76. The number of aliphatic hydroxyl groups is 2. The van der Waals surface area contributed by atoms with Crippen molar-refractivity contribution in [3.05, 3.63) is 13.2 Å². The molecule has 7 nitrogen and oxygen atoms in total. The van der Waals surface area contributed by atoms with Gasteiger partial charge in [-0.15, -0.1) is 13.2 Å². The second kappa shape index (κ2) is 28.6. The van der Waals surface area contributed by atoms with Gasteiger partial charge in [-0.25, -0.2) is 4.18 Å². The van der Waals surface area contributed by atoms with Crippen LogP contribution in [0, 0.1) is 0 Å². The number of unbranched alkanes of at least 4 members (excludes halogenated alkanes) is 3. The third-order valence-corrected chi connectivity index (χ3v) is 2.20. The van der Waals surface area contributed by atoms with Crippen molar-refractivity contribution >= 4 is 10.4 Å². The highest BCUT2D eigenvalue weighted by Crippen LogP contribution is 1.99. The van der Waals surface area contributed by atoms with Crippen LogP contribution in [0.25, 0.3) is 0 Å². The van der Waals surface area contributed by atoms with Crippen molar-refractivity contribution in [1.82, 2.24) is 0 Å². The highest BCUT2D eigenvalue weighted by molar-refractivity contribution is 7.80. The second-order valence-corrected chi connectivity index (χ2v) is 4.63. The number of ether oxygens (including phenoxy) is 1. The summed E-state index contributed by atoms with van der Waals surface area (Å²) in [6.45, 7) is 13.6. The summed E-state index contributed by atoms with van der Waals surface area (Å²) in [5, 5.41) is 15.2. The summed E-state index contributed by atoms with van der Waals surface area (Å²) in [6, 6.07) is 0. The summed E-state index contributed by atoms with van der Waals surface area (Å²) >= 11 is 0. The second-order valence-electron chi connectivity index (χ2n) is 3.54. The Balaban J connectivity index is -0.000000122. The van der Waals surface area contributed by atoms with Gasteiger partial charge >= 0.3 is 10.4 Å². The molecular weight excluding hydrogens is 312 g/mol. The largest absolute Gasteiger partial charge is 0.397 e. The molecule has 0 aromatic carbocycles. The maximum atomic E-state index is 10.00. The molecule has 22 heavy (non-hydrogen) atoms. The summed E-state index contributed by atoms with van der Waals surface area (Å²) in [5.74, 6) is 0. The molecule has 0 spiro atoms. The first-order valence-corrected chi connectivity index (χ1v) is 8.67. The van der Waals surface area contributed by atoms with E-state index in [0.717, 1.165) is 32.5 Å². The summed E-state index contributed by atoms with van der Waals surface area (Å²) < 4.78 is 37.1. The molecule has 0 amide bonds. The van der Waals surface area contributed by atoms with Crippen molar-refractivity contribution in [2.24, 2.45) is 0 Å². The van der Waals surface area contributed by atoms with E-state index >= 15 is 0 Å². The highest BCUT2D eigenvalue weighted by Gasteiger charge is 2.01. The quantitative estimate of drug-likeness (QED) is 0.333. The van der Waals surface area contributed by atoms with E-state index in [9.17, 15) is 8.42 Å². The molecule has 0 bridgehead atoms. The molecule has 0 atom stereocenters. The lowest BCUT2D eigenvalue weighted by atomic mass is 10.2. The molecule has 0 radical (unpaired) electrons. The van der Waals surface area contributed by atoms with E-state index in [2.05, 4.69) is 24.3 Å². The third kappa shape index (κ3) is 60.6. The summed E-state index contributed by atoms with van der Waals surface area (Å²) in [5.41, 5.74) is 0. The fourth-order valence-corrected chi connectivity index (χ4v) is 1.23. The molecule has 0 aromatic rings. The number of hydrogen-bond donors (Lipinski definition) is 3. The number of hydrogen-bond acceptors (Lipinski definition) is 6. The lowest BCUT2D eigenvalue weighted by molar-refractivity contribution is 0.162. The maximum Gasteiger partial charge on any atom is 0.397 e. The molecule has 0 aliphatic heterocycles. The average Bonchev–Trinajstić information content (AvgIpc) is 2.50. The molecule has 0 aromatic heterocycles. The SMILES string of the molecule is C=C.CCCCCCOS(=O)(=O)O.CCOCC.OCCO. The number of rotatable bonds is 9. The molecule has 0 aliphatic rings. The first-order valence-electron chi connectivity index (χ1n) is 7.30. The van der Waals surface area contributed by atoms with Crippen molar-refractivity contribution in [3.8, 4) is 0 Å². The maximum absolute atomic E-state index is 10.00. The molecule has 0 fully saturated rings. The molecule has 0 heterocycles. The zero-order valence-corrected chi connectivity index (χ0v) is 15.0. The molecule has 8 heteroatoms. The minimum Gasteiger partial charge on any atom is -0.394 e. The van der Waals surface area contributed by atoms with Gasteiger partial charge in [0.2, 0.25) is 0 Å². The van der Waals surface area contributed by atoms with E-state index in [-0.39, 0.29) is 19.8 Å². The van der Waals surface area contributed by atoms with Crippen LogP contribution in [0.15, 0.2) is 13.2 Å². The van der Waals surface area contributed by atoms with Crippen LogP contribution in [0.2, 0.25) is 0 Å². The van der Waals surface area contributed by atoms with Crippen LogP contribution in [0.4, 0.5) is 0 Å². The zero-order chi connectivity index (χ0) is 18.3. The monoisotopic (exact) mass is 346 g/mol. The topological polar surface area (TPSA) is 113 Å². The van der Waals surface area contributed by atoms with E-state index in [1.165, 1.54) is 0 Å². The Hall–Kier alpha value is -0.510. The van der Waals surface area contributed by atoms with Gasteiger partial charge in [0, 0.05) is 13.2 Å². The molecule has 0 saturated carbocycles. The first kappa shape index (κ1) is 29.5. The fraction of sp³-hybridized carbons (Fsp3) is 0.857. The Morgan fingerprint density at radius 1 is 0.909 bits per heavy atom. The van der Waals surface area contributed by atoms with E-state index < -0.39 is 10.4 Å². The molecule has 0 rings (SSSR count). The van der Waals surface area contributed by atoms with Gasteiger partial charge in [0.1, 0.15) is 0 Å². The van der Waals surface area contributed by atoms with E-state index in [0.29, 0.717) is 6.42 Å². The van der Waals surface area contributed by atoms with Gasteiger partial charge in [0.05, 0.1) is 19.8 Å². The molecule has 0 unspecified atom stereocenters. The van der Waals surface area contributed by atoms with Crippen LogP contribution >= 0.6 is 0 Å². The van der Waals surface area contributed by atoms with Gasteiger partial charge < -0.3 is 14.9 Å². The lowest BCUT2D eigenvalue weighted by Crippen LogP contribution is -2.04. The van der Waals surface area contributed by atoms with Crippen molar-refractivity contribution in [1.29, 1.82) is 0 Å². The van der Waals surface area contributed by atoms with Gasteiger partial charge in [-0.1, -0.05) is 26.2 Å². The Kier molecular flexibility index (Phi) is 38.4. The standard InChI is InChI=1S/C6H14O4S.C4H10O.C2H6O2.C2H4/c1-2-3-4-5-6-10-11(7,8)9;1-3-5-4-2;3-1-2-4;1-2/h2-6H2,1H3,(H,7,8,9);3-4H2,1-2H3;3-4H,1-2H2;1-2H2.